The second-order valence-electron chi connectivity index (χ2n) is 9.03. The summed E-state index contributed by atoms with van der Waals surface area (Å²) in [4.78, 5) is 13.3. The van der Waals surface area contributed by atoms with Crippen molar-refractivity contribution in [2.45, 2.75) is 57.8 Å². The molecule has 0 aromatic heterocycles. The number of halogens is 1. The molecule has 0 unspecified atom stereocenters. The number of hydrogen-bond donors (Lipinski definition) is 0. The molecular weight excluding hydrogens is 385 g/mol. The highest BCUT2D eigenvalue weighted by Crippen LogP contribution is 2.37. The minimum atomic E-state index is -0.172. The third-order valence-corrected chi connectivity index (χ3v) is 6.86. The molecule has 3 heteroatoms. The number of benzene rings is 2. The summed E-state index contributed by atoms with van der Waals surface area (Å²) < 4.78 is 12.6. The predicted octanol–water partition coefficient (Wildman–Crippen LogP) is 6.87. The standard InChI is InChI=1S/C28H36FNO/c1-4-28(31)30(3)19-5-6-23-9-16-27(21(2)20-23)26-14-12-25(13-15-26)24-10-7-22(8-11-24)17-18-29/h4,9,12-16,20,22,24H,1,5-8,10-11,17-19H2,2-3H3. The minimum Gasteiger partial charge on any atom is -0.342 e. The van der Waals surface area contributed by atoms with Gasteiger partial charge in [-0.25, -0.2) is 0 Å². The maximum absolute atomic E-state index is 12.6. The van der Waals surface area contributed by atoms with E-state index in [4.69, 9.17) is 0 Å². The average molecular weight is 422 g/mol. The summed E-state index contributed by atoms with van der Waals surface area (Å²) in [6.45, 7) is 6.28. The Morgan fingerprint density at radius 2 is 1.84 bits per heavy atom. The molecule has 0 N–H and O–H groups in total. The zero-order valence-electron chi connectivity index (χ0n) is 19.1. The van der Waals surface area contributed by atoms with Crippen LogP contribution in [0.15, 0.2) is 55.1 Å². The van der Waals surface area contributed by atoms with E-state index in [1.165, 1.54) is 46.7 Å². The van der Waals surface area contributed by atoms with Crippen LogP contribution in [0.1, 0.15) is 61.1 Å². The first-order chi connectivity index (χ1) is 15.0. The van der Waals surface area contributed by atoms with Gasteiger partial charge in [0.05, 0.1) is 6.67 Å². The summed E-state index contributed by atoms with van der Waals surface area (Å²) in [5.41, 5.74) is 6.56. The Kier molecular flexibility index (Phi) is 8.45. The lowest BCUT2D eigenvalue weighted by atomic mass is 9.77. The molecule has 2 aromatic rings. The van der Waals surface area contributed by atoms with E-state index in [0.29, 0.717) is 11.8 Å². The number of aryl methyl sites for hydroxylation is 2. The number of rotatable bonds is 9. The predicted molar refractivity (Wildman–Crippen MR) is 128 cm³/mol. The molecule has 166 valence electrons. The van der Waals surface area contributed by atoms with Crippen LogP contribution in [0.25, 0.3) is 11.1 Å². The molecule has 0 atom stereocenters. The first-order valence-corrected chi connectivity index (χ1v) is 11.6. The lowest BCUT2D eigenvalue weighted by Gasteiger charge is -2.28. The maximum Gasteiger partial charge on any atom is 0.245 e. The lowest BCUT2D eigenvalue weighted by Crippen LogP contribution is -2.25. The van der Waals surface area contributed by atoms with Crippen molar-refractivity contribution in [1.29, 1.82) is 0 Å². The molecule has 0 heterocycles. The van der Waals surface area contributed by atoms with Crippen molar-refractivity contribution in [2.24, 2.45) is 5.92 Å². The van der Waals surface area contributed by atoms with E-state index >= 15 is 0 Å². The Labute approximate surface area is 187 Å². The highest BCUT2D eigenvalue weighted by molar-refractivity contribution is 5.86. The van der Waals surface area contributed by atoms with E-state index in [9.17, 15) is 9.18 Å². The lowest BCUT2D eigenvalue weighted by molar-refractivity contribution is -0.124. The van der Waals surface area contributed by atoms with Crippen molar-refractivity contribution >= 4 is 5.91 Å². The molecule has 1 aliphatic carbocycles. The van der Waals surface area contributed by atoms with Gasteiger partial charge < -0.3 is 4.90 Å². The second-order valence-corrected chi connectivity index (χ2v) is 9.03. The van der Waals surface area contributed by atoms with Crippen LogP contribution >= 0.6 is 0 Å². The first-order valence-electron chi connectivity index (χ1n) is 11.6. The largest absolute Gasteiger partial charge is 0.342 e. The van der Waals surface area contributed by atoms with Gasteiger partial charge in [0, 0.05) is 13.6 Å². The second kappa shape index (κ2) is 11.3. The monoisotopic (exact) mass is 421 g/mol. The summed E-state index contributed by atoms with van der Waals surface area (Å²) in [6, 6.07) is 15.8. The molecule has 0 radical (unpaired) electrons. The average Bonchev–Trinajstić information content (AvgIpc) is 2.79. The molecule has 0 saturated heterocycles. The number of carbonyl (C=O) groups is 1. The number of hydrogen-bond acceptors (Lipinski definition) is 1. The third-order valence-electron chi connectivity index (χ3n) is 6.86. The van der Waals surface area contributed by atoms with E-state index in [0.717, 1.165) is 38.6 Å². The molecule has 0 aliphatic heterocycles. The van der Waals surface area contributed by atoms with Crippen LogP contribution in [-0.4, -0.2) is 31.1 Å². The Balaban J connectivity index is 1.58. The number of amides is 1. The van der Waals surface area contributed by atoms with Crippen molar-refractivity contribution < 1.29 is 9.18 Å². The number of carbonyl (C=O) groups excluding carboxylic acids is 1. The zero-order valence-corrected chi connectivity index (χ0v) is 19.1. The quantitative estimate of drug-likeness (QED) is 0.404. The van der Waals surface area contributed by atoms with E-state index in [2.05, 4.69) is 56.0 Å². The normalized spacial score (nSPS) is 18.5. The fourth-order valence-electron chi connectivity index (χ4n) is 4.87. The van der Waals surface area contributed by atoms with Gasteiger partial charge in [-0.15, -0.1) is 0 Å². The molecule has 1 saturated carbocycles. The highest BCUT2D eigenvalue weighted by atomic mass is 19.1. The summed E-state index contributed by atoms with van der Waals surface area (Å²) in [5, 5.41) is 0. The van der Waals surface area contributed by atoms with Crippen molar-refractivity contribution in [3.8, 4) is 11.1 Å². The van der Waals surface area contributed by atoms with Gasteiger partial charge in [-0.3, -0.25) is 9.18 Å². The van der Waals surface area contributed by atoms with Crippen molar-refractivity contribution in [3.63, 3.8) is 0 Å². The fourth-order valence-corrected chi connectivity index (χ4v) is 4.87. The molecule has 1 aliphatic rings. The molecule has 3 rings (SSSR count). The highest BCUT2D eigenvalue weighted by Gasteiger charge is 2.22. The van der Waals surface area contributed by atoms with Gasteiger partial charge in [0.25, 0.3) is 0 Å². The van der Waals surface area contributed by atoms with Crippen molar-refractivity contribution in [3.05, 3.63) is 71.8 Å². The molecule has 31 heavy (non-hydrogen) atoms. The van der Waals surface area contributed by atoms with E-state index in [1.807, 2.05) is 7.05 Å². The first kappa shape index (κ1) is 23.2. The van der Waals surface area contributed by atoms with Gasteiger partial charge >= 0.3 is 0 Å². The Morgan fingerprint density at radius 1 is 1.13 bits per heavy atom. The molecule has 1 amide bonds. The minimum absolute atomic E-state index is 0.0252. The van der Waals surface area contributed by atoms with Gasteiger partial charge in [-0.2, -0.15) is 0 Å². The molecule has 0 bridgehead atoms. The van der Waals surface area contributed by atoms with E-state index in [1.54, 1.807) is 4.90 Å². The Morgan fingerprint density at radius 3 is 2.45 bits per heavy atom. The summed E-state index contributed by atoms with van der Waals surface area (Å²) in [5.74, 6) is 1.19. The molecule has 2 nitrogen and oxygen atoms in total. The summed E-state index contributed by atoms with van der Waals surface area (Å²) in [6.07, 6.45) is 8.70. The number of nitrogens with zero attached hydrogens (tertiary/aromatic N) is 1. The maximum atomic E-state index is 12.6. The van der Waals surface area contributed by atoms with Crippen LogP contribution < -0.4 is 0 Å². The van der Waals surface area contributed by atoms with Crippen LogP contribution in [0.2, 0.25) is 0 Å². The summed E-state index contributed by atoms with van der Waals surface area (Å²) >= 11 is 0. The summed E-state index contributed by atoms with van der Waals surface area (Å²) in [7, 11) is 1.82. The van der Waals surface area contributed by atoms with Crippen molar-refractivity contribution in [2.75, 3.05) is 20.3 Å². The van der Waals surface area contributed by atoms with E-state index in [-0.39, 0.29) is 12.6 Å². The molecular formula is C28H36FNO. The van der Waals surface area contributed by atoms with Crippen LogP contribution in [0.4, 0.5) is 4.39 Å². The molecule has 1 fully saturated rings. The van der Waals surface area contributed by atoms with Gasteiger partial charge in [0.15, 0.2) is 0 Å². The van der Waals surface area contributed by atoms with Gasteiger partial charge in [0.2, 0.25) is 5.91 Å². The van der Waals surface area contributed by atoms with Crippen LogP contribution in [0.5, 0.6) is 0 Å². The SMILES string of the molecule is C=CC(=O)N(C)CCCc1ccc(-c2ccc(C3CCC(CCF)CC3)cc2)c(C)c1. The number of alkyl halides is 1. The van der Waals surface area contributed by atoms with Gasteiger partial charge in [-0.1, -0.05) is 49.0 Å². The van der Waals surface area contributed by atoms with E-state index < -0.39 is 0 Å². The van der Waals surface area contributed by atoms with Crippen LogP contribution in [0.3, 0.4) is 0 Å². The molecule has 0 spiro atoms. The third kappa shape index (κ3) is 6.29. The Bertz CT molecular complexity index is 865. The van der Waals surface area contributed by atoms with Crippen LogP contribution in [-0.2, 0) is 11.2 Å². The topological polar surface area (TPSA) is 20.3 Å². The Hall–Kier alpha value is -2.42. The molecule has 2 aromatic carbocycles. The van der Waals surface area contributed by atoms with Crippen molar-refractivity contribution in [1.82, 2.24) is 4.90 Å². The zero-order chi connectivity index (χ0) is 22.2. The van der Waals surface area contributed by atoms with Gasteiger partial charge in [-0.05, 0) is 97.6 Å². The van der Waals surface area contributed by atoms with Crippen LogP contribution in [0, 0.1) is 12.8 Å². The fraction of sp³-hybridized carbons (Fsp3) is 0.464. The number of likely N-dealkylation sites (N-methyl/N-ethyl adjacent to an activating group) is 1. The smallest absolute Gasteiger partial charge is 0.245 e. The van der Waals surface area contributed by atoms with Gasteiger partial charge in [0.1, 0.15) is 0 Å².